The fourth-order valence-electron chi connectivity index (χ4n) is 4.66. The van der Waals surface area contributed by atoms with Crippen molar-refractivity contribution in [2.24, 2.45) is 5.92 Å². The molecule has 31 heavy (non-hydrogen) atoms. The van der Waals surface area contributed by atoms with Crippen LogP contribution >= 0.6 is 0 Å². The first kappa shape index (κ1) is 19.7. The molecule has 1 N–H and O–H groups in total. The third-order valence-corrected chi connectivity index (χ3v) is 6.57. The second-order valence-corrected chi connectivity index (χ2v) is 8.83. The zero-order valence-corrected chi connectivity index (χ0v) is 17.9. The summed E-state index contributed by atoms with van der Waals surface area (Å²) in [6.07, 6.45) is 5.26. The first-order chi connectivity index (χ1) is 14.8. The van der Waals surface area contributed by atoms with Crippen molar-refractivity contribution in [2.45, 2.75) is 39.0 Å². The molecule has 7 nitrogen and oxygen atoms in total. The summed E-state index contributed by atoms with van der Waals surface area (Å²) in [6, 6.07) is 7.09. The van der Waals surface area contributed by atoms with E-state index in [-0.39, 0.29) is 0 Å². The predicted molar refractivity (Wildman–Crippen MR) is 117 cm³/mol. The van der Waals surface area contributed by atoms with Gasteiger partial charge in [0.2, 0.25) is 5.88 Å². The van der Waals surface area contributed by atoms with Crippen molar-refractivity contribution in [1.82, 2.24) is 9.63 Å². The van der Waals surface area contributed by atoms with Crippen LogP contribution in [0.1, 0.15) is 54.4 Å². The summed E-state index contributed by atoms with van der Waals surface area (Å²) in [5, 5.41) is 26.1. The number of amides is 1. The predicted octanol–water partition coefficient (Wildman–Crippen LogP) is 4.25. The Kier molecular flexibility index (Phi) is 4.40. The van der Waals surface area contributed by atoms with Crippen LogP contribution in [0.5, 0.6) is 5.88 Å². The van der Waals surface area contributed by atoms with Crippen molar-refractivity contribution in [3.63, 3.8) is 0 Å². The molecular weight excluding hydrogens is 392 g/mol. The van der Waals surface area contributed by atoms with E-state index in [1.54, 1.807) is 18.3 Å². The average Bonchev–Trinajstić information content (AvgIpc) is 3.57. The Morgan fingerprint density at radius 1 is 1.35 bits per heavy atom. The lowest BCUT2D eigenvalue weighted by molar-refractivity contribution is -0.123. The fraction of sp³-hybridized carbons (Fsp3) is 0.375. The van der Waals surface area contributed by atoms with Crippen molar-refractivity contribution in [2.75, 3.05) is 19.0 Å². The lowest BCUT2D eigenvalue weighted by atomic mass is 9.76. The topological polar surface area (TPSA) is 98.1 Å². The molecule has 1 aromatic carbocycles. The molecule has 2 aliphatic heterocycles. The standard InChI is InChI=1S/C24H24N4O3/c1-13-12-26-23(31-9-8-15-4-5-15)21-20-17-7-6-16(11-25)10-18(17)28(3,30)24(29)19(20)14(2)27-22(13)21/h6-7,10,12,15,20,27H,4-5,8-9H2,1-3H3/t20-,28?/m0/s1. The van der Waals surface area contributed by atoms with E-state index in [4.69, 9.17) is 4.74 Å². The highest BCUT2D eigenvalue weighted by molar-refractivity contribution is 6.09. The number of nitrogens with zero attached hydrogens (tertiary/aromatic N) is 3. The van der Waals surface area contributed by atoms with Crippen LogP contribution in [-0.2, 0) is 4.79 Å². The smallest absolute Gasteiger partial charge is 0.349 e. The number of pyridine rings is 1. The van der Waals surface area contributed by atoms with Crippen LogP contribution in [0.3, 0.4) is 0 Å². The maximum atomic E-state index is 13.4. The van der Waals surface area contributed by atoms with Crippen LogP contribution in [0.25, 0.3) is 0 Å². The first-order valence-electron chi connectivity index (χ1n) is 10.6. The average molecular weight is 416 g/mol. The van der Waals surface area contributed by atoms with Crippen LogP contribution in [0.15, 0.2) is 35.7 Å². The minimum atomic E-state index is -1.18. The van der Waals surface area contributed by atoms with Gasteiger partial charge in [-0.3, -0.25) is 4.65 Å². The van der Waals surface area contributed by atoms with E-state index in [0.717, 1.165) is 29.2 Å². The number of nitrogens with one attached hydrogen (secondary N) is 1. The summed E-state index contributed by atoms with van der Waals surface area (Å²) < 4.78 is 4.94. The van der Waals surface area contributed by atoms with Crippen molar-refractivity contribution in [3.8, 4) is 11.9 Å². The highest BCUT2D eigenvalue weighted by Gasteiger charge is 2.48. The maximum Gasteiger partial charge on any atom is 0.349 e. The minimum absolute atomic E-state index is 0.295. The number of allylic oxidation sites excluding steroid dienone is 1. The molecule has 158 valence electrons. The molecule has 0 radical (unpaired) electrons. The molecule has 0 saturated heterocycles. The molecule has 3 heterocycles. The summed E-state index contributed by atoms with van der Waals surface area (Å²) >= 11 is 0. The molecule has 1 aliphatic carbocycles. The molecule has 1 unspecified atom stereocenters. The van der Waals surface area contributed by atoms with Crippen LogP contribution in [0.4, 0.5) is 11.4 Å². The summed E-state index contributed by atoms with van der Waals surface area (Å²) in [5.41, 5.74) is 5.06. The van der Waals surface area contributed by atoms with E-state index < -0.39 is 16.5 Å². The number of aryl methyl sites for hydroxylation is 1. The molecule has 3 aliphatic rings. The number of hydroxylamine groups is 2. The van der Waals surface area contributed by atoms with Crippen LogP contribution < -0.4 is 14.7 Å². The molecule has 2 atom stereocenters. The van der Waals surface area contributed by atoms with Gasteiger partial charge in [0.1, 0.15) is 5.69 Å². The first-order valence-corrected chi connectivity index (χ1v) is 10.6. The summed E-state index contributed by atoms with van der Waals surface area (Å²) in [7, 11) is 1.33. The third kappa shape index (κ3) is 3.02. The van der Waals surface area contributed by atoms with Gasteiger partial charge in [0, 0.05) is 23.5 Å². The Hall–Kier alpha value is -3.21. The Morgan fingerprint density at radius 3 is 2.84 bits per heavy atom. The van der Waals surface area contributed by atoms with Crippen LogP contribution in [-0.4, -0.2) is 24.5 Å². The summed E-state index contributed by atoms with van der Waals surface area (Å²) in [5.74, 6) is 0.231. The third-order valence-electron chi connectivity index (χ3n) is 6.57. The van der Waals surface area contributed by atoms with Gasteiger partial charge < -0.3 is 15.3 Å². The van der Waals surface area contributed by atoms with Gasteiger partial charge in [-0.1, -0.05) is 18.9 Å². The van der Waals surface area contributed by atoms with E-state index in [9.17, 15) is 15.3 Å². The number of nitriles is 1. The van der Waals surface area contributed by atoms with Gasteiger partial charge in [0.05, 0.1) is 48.0 Å². The second-order valence-electron chi connectivity index (χ2n) is 8.83. The lowest BCUT2D eigenvalue weighted by Crippen LogP contribution is -2.51. The van der Waals surface area contributed by atoms with Gasteiger partial charge in [0.15, 0.2) is 0 Å². The molecule has 0 bridgehead atoms. The van der Waals surface area contributed by atoms with Crippen LogP contribution in [0.2, 0.25) is 0 Å². The molecule has 1 fully saturated rings. The van der Waals surface area contributed by atoms with Crippen molar-refractivity contribution in [1.29, 1.82) is 5.26 Å². The van der Waals surface area contributed by atoms with E-state index in [1.165, 1.54) is 26.0 Å². The van der Waals surface area contributed by atoms with Gasteiger partial charge in [-0.15, -0.1) is 0 Å². The Bertz CT molecular complexity index is 1190. The number of carbonyl (C=O) groups is 1. The number of ether oxygens (including phenoxy) is 1. The molecule has 0 spiro atoms. The zero-order chi connectivity index (χ0) is 21.9. The van der Waals surface area contributed by atoms with Crippen molar-refractivity contribution in [3.05, 3.63) is 63.1 Å². The number of hydrogen-bond acceptors (Lipinski definition) is 6. The number of likely N-dealkylation sites (N-methyl/N-ethyl adjacent to an activating group) is 1. The molecular formula is C24H24N4O3. The molecule has 1 saturated carbocycles. The zero-order valence-electron chi connectivity index (χ0n) is 17.9. The van der Waals surface area contributed by atoms with Gasteiger partial charge in [0.25, 0.3) is 0 Å². The SMILES string of the molecule is CC1=C2C(=O)[N+](C)([O-])c3cc(C#N)ccc3[C@@H]2c2c(OCCC3CC3)ncc(C)c2N1. The minimum Gasteiger partial charge on any atom is -0.620 e. The number of benzene rings is 1. The monoisotopic (exact) mass is 416 g/mol. The summed E-state index contributed by atoms with van der Waals surface area (Å²) in [6.45, 7) is 4.36. The molecule has 1 aromatic heterocycles. The number of anilines is 1. The van der Waals surface area contributed by atoms with Gasteiger partial charge in [-0.05, 0) is 37.8 Å². The number of rotatable bonds is 4. The molecule has 2 aromatic rings. The number of quaternary nitrogens is 1. The van der Waals surface area contributed by atoms with E-state index >= 15 is 0 Å². The van der Waals surface area contributed by atoms with Crippen molar-refractivity contribution < 1.29 is 9.53 Å². The molecule has 5 rings (SSSR count). The van der Waals surface area contributed by atoms with Crippen LogP contribution in [0, 0.1) is 29.4 Å². The second kappa shape index (κ2) is 6.91. The molecule has 1 amide bonds. The van der Waals surface area contributed by atoms with Crippen molar-refractivity contribution >= 4 is 17.3 Å². The highest BCUT2D eigenvalue weighted by atomic mass is 16.6. The summed E-state index contributed by atoms with van der Waals surface area (Å²) in [4.78, 5) is 18.0. The van der Waals surface area contributed by atoms with E-state index in [2.05, 4.69) is 16.4 Å². The normalized spacial score (nSPS) is 24.0. The van der Waals surface area contributed by atoms with E-state index in [0.29, 0.717) is 40.6 Å². The Labute approximate surface area is 181 Å². The Morgan fingerprint density at radius 2 is 2.13 bits per heavy atom. The molecule has 7 heteroatoms. The number of fused-ring (bicyclic) bond motifs is 5. The highest BCUT2D eigenvalue weighted by Crippen LogP contribution is 2.53. The quantitative estimate of drug-likeness (QED) is 0.591. The van der Waals surface area contributed by atoms with Gasteiger partial charge in [-0.2, -0.15) is 5.26 Å². The fourth-order valence-corrected chi connectivity index (χ4v) is 4.66. The lowest BCUT2D eigenvalue weighted by Gasteiger charge is -2.45. The van der Waals surface area contributed by atoms with E-state index in [1.807, 2.05) is 13.8 Å². The Balaban J connectivity index is 1.71. The number of carbonyl (C=O) groups excluding carboxylic acids is 1. The largest absolute Gasteiger partial charge is 0.620 e. The number of hydrogen-bond donors (Lipinski definition) is 1. The van der Waals surface area contributed by atoms with Gasteiger partial charge >= 0.3 is 5.91 Å². The number of aromatic nitrogens is 1. The maximum absolute atomic E-state index is 13.4. The van der Waals surface area contributed by atoms with Gasteiger partial charge in [-0.25, -0.2) is 9.78 Å².